The normalized spacial score (nSPS) is 19.2. The molecule has 0 atom stereocenters. The molecule has 0 amide bonds. The first kappa shape index (κ1) is 6.19. The zero-order valence-corrected chi connectivity index (χ0v) is 5.29. The molecule has 0 N–H and O–H groups in total. The smallest absolute Gasteiger partial charge is 0.400 e. The van der Waals surface area contributed by atoms with Gasteiger partial charge in [-0.2, -0.15) is 0 Å². The molecule has 0 fully saturated rings. The van der Waals surface area contributed by atoms with Gasteiger partial charge in [0.1, 0.15) is 0 Å². The van der Waals surface area contributed by atoms with Crippen molar-refractivity contribution in [1.29, 1.82) is 0 Å². The summed E-state index contributed by atoms with van der Waals surface area (Å²) < 4.78 is 4.71. The van der Waals surface area contributed by atoms with E-state index in [-0.39, 0.29) is 0 Å². The van der Waals surface area contributed by atoms with Crippen LogP contribution in [-0.2, 0) is 9.57 Å². The van der Waals surface area contributed by atoms with Crippen molar-refractivity contribution >= 4 is 5.90 Å². The van der Waals surface area contributed by atoms with E-state index >= 15 is 0 Å². The zero-order valence-electron chi connectivity index (χ0n) is 5.29. The van der Waals surface area contributed by atoms with Crippen molar-refractivity contribution < 1.29 is 14.5 Å². The molecule has 0 saturated heterocycles. The van der Waals surface area contributed by atoms with Gasteiger partial charge in [-0.3, -0.25) is 5.21 Å². The molecular formula is C5H9NO3. The van der Waals surface area contributed by atoms with E-state index in [1.54, 1.807) is 0 Å². The summed E-state index contributed by atoms with van der Waals surface area (Å²) in [5, 5.41) is 10.6. The highest BCUT2D eigenvalue weighted by atomic mass is 16.9. The first-order valence-corrected chi connectivity index (χ1v) is 2.84. The van der Waals surface area contributed by atoms with Crippen LogP contribution in [0.4, 0.5) is 0 Å². The van der Waals surface area contributed by atoms with E-state index in [4.69, 9.17) is 4.74 Å². The van der Waals surface area contributed by atoms with Crippen molar-refractivity contribution in [1.82, 2.24) is 0 Å². The van der Waals surface area contributed by atoms with Crippen LogP contribution in [0, 0.1) is 5.21 Å². The lowest BCUT2D eigenvalue weighted by molar-refractivity contribution is -0.751. The summed E-state index contributed by atoms with van der Waals surface area (Å²) in [6, 6.07) is 0. The Kier molecular flexibility index (Phi) is 1.77. The van der Waals surface area contributed by atoms with Crippen LogP contribution in [0.25, 0.3) is 0 Å². The summed E-state index contributed by atoms with van der Waals surface area (Å²) in [7, 11) is 1.47. The summed E-state index contributed by atoms with van der Waals surface area (Å²) in [5.41, 5.74) is 0. The molecule has 0 aliphatic carbocycles. The molecule has 1 aliphatic heterocycles. The molecule has 9 heavy (non-hydrogen) atoms. The first-order valence-electron chi connectivity index (χ1n) is 2.84. The van der Waals surface area contributed by atoms with Crippen molar-refractivity contribution in [2.24, 2.45) is 0 Å². The van der Waals surface area contributed by atoms with E-state index in [2.05, 4.69) is 4.84 Å². The van der Waals surface area contributed by atoms with Crippen molar-refractivity contribution in [3.63, 3.8) is 0 Å². The van der Waals surface area contributed by atoms with E-state index in [9.17, 15) is 5.21 Å². The molecule has 0 aromatic rings. The summed E-state index contributed by atoms with van der Waals surface area (Å²) in [5.74, 6) is 0.362. The molecule has 0 saturated carbocycles. The fourth-order valence-electron chi connectivity index (χ4n) is 0.711. The fourth-order valence-corrected chi connectivity index (χ4v) is 0.711. The minimum absolute atomic E-state index is 0.362. The Hall–Kier alpha value is -0.930. The minimum Gasteiger partial charge on any atom is -0.447 e. The van der Waals surface area contributed by atoms with Crippen LogP contribution < -0.4 is 0 Å². The van der Waals surface area contributed by atoms with E-state index in [1.807, 2.05) is 0 Å². The Morgan fingerprint density at radius 1 is 1.78 bits per heavy atom. The molecule has 4 heteroatoms. The largest absolute Gasteiger partial charge is 0.447 e. The highest BCUT2D eigenvalue weighted by molar-refractivity contribution is 5.70. The van der Waals surface area contributed by atoms with Crippen molar-refractivity contribution in [2.45, 2.75) is 12.8 Å². The third kappa shape index (κ3) is 1.25. The van der Waals surface area contributed by atoms with Gasteiger partial charge >= 0.3 is 5.90 Å². The SMILES string of the molecule is COC1=[N+]([O-])OCCC1. The monoisotopic (exact) mass is 131 g/mol. The van der Waals surface area contributed by atoms with Gasteiger partial charge in [-0.05, 0) is 6.42 Å². The standard InChI is InChI=1S/C5H9NO3/c1-8-5-3-2-4-9-6(5)7/h2-4H2,1H3. The highest BCUT2D eigenvalue weighted by Gasteiger charge is 2.15. The van der Waals surface area contributed by atoms with Gasteiger partial charge in [0.25, 0.3) is 0 Å². The number of ether oxygens (including phenoxy) is 1. The number of hydrogen-bond donors (Lipinski definition) is 0. The van der Waals surface area contributed by atoms with Crippen molar-refractivity contribution in [3.8, 4) is 0 Å². The number of methoxy groups -OCH3 is 1. The lowest BCUT2D eigenvalue weighted by Crippen LogP contribution is -2.23. The lowest BCUT2D eigenvalue weighted by atomic mass is 10.3. The number of hydrogen-bond acceptors (Lipinski definition) is 3. The van der Waals surface area contributed by atoms with Crippen LogP contribution in [0.1, 0.15) is 12.8 Å². The van der Waals surface area contributed by atoms with Crippen molar-refractivity contribution in [2.75, 3.05) is 13.7 Å². The third-order valence-electron chi connectivity index (χ3n) is 1.18. The first-order chi connectivity index (χ1) is 4.34. The van der Waals surface area contributed by atoms with Crippen LogP contribution in [0.5, 0.6) is 0 Å². The maximum Gasteiger partial charge on any atom is 0.400 e. The Morgan fingerprint density at radius 3 is 3.00 bits per heavy atom. The molecule has 0 aromatic carbocycles. The van der Waals surface area contributed by atoms with Gasteiger partial charge < -0.3 is 9.57 Å². The van der Waals surface area contributed by atoms with Gasteiger partial charge in [0.15, 0.2) is 0 Å². The molecule has 0 radical (unpaired) electrons. The Bertz CT molecular complexity index is 132. The second kappa shape index (κ2) is 2.57. The van der Waals surface area contributed by atoms with Gasteiger partial charge in [0, 0.05) is 0 Å². The van der Waals surface area contributed by atoms with Gasteiger partial charge in [-0.15, -0.1) is 0 Å². The van der Waals surface area contributed by atoms with Gasteiger partial charge in [-0.1, -0.05) is 0 Å². The Morgan fingerprint density at radius 2 is 2.56 bits per heavy atom. The molecule has 0 spiro atoms. The van der Waals surface area contributed by atoms with Gasteiger partial charge in [0.2, 0.25) is 0 Å². The molecule has 1 aliphatic rings. The van der Waals surface area contributed by atoms with Gasteiger partial charge in [0.05, 0.1) is 25.0 Å². The Balaban J connectivity index is 2.59. The maximum atomic E-state index is 10.6. The van der Waals surface area contributed by atoms with Crippen LogP contribution in [0.2, 0.25) is 0 Å². The molecule has 4 nitrogen and oxygen atoms in total. The number of rotatable bonds is 0. The summed E-state index contributed by atoms with van der Waals surface area (Å²) in [4.78, 5) is 5.03. The van der Waals surface area contributed by atoms with Crippen LogP contribution >= 0.6 is 0 Å². The predicted molar refractivity (Wildman–Crippen MR) is 30.8 cm³/mol. The average molecular weight is 131 g/mol. The van der Waals surface area contributed by atoms with Crippen LogP contribution in [-0.4, -0.2) is 24.5 Å². The summed E-state index contributed by atoms with van der Waals surface area (Å²) >= 11 is 0. The minimum atomic E-state index is 0.362. The predicted octanol–water partition coefficient (Wildman–Crippen LogP) is 0.267. The van der Waals surface area contributed by atoms with Crippen LogP contribution in [0.15, 0.2) is 0 Å². The van der Waals surface area contributed by atoms with E-state index < -0.39 is 0 Å². The summed E-state index contributed by atoms with van der Waals surface area (Å²) in [6.45, 7) is 0.496. The molecule has 52 valence electrons. The number of nitrogens with zero attached hydrogens (tertiary/aromatic N) is 1. The maximum absolute atomic E-state index is 10.6. The fraction of sp³-hybridized carbons (Fsp3) is 0.800. The summed E-state index contributed by atoms with van der Waals surface area (Å²) in [6.07, 6.45) is 1.54. The molecule has 0 aromatic heterocycles. The molecule has 1 rings (SSSR count). The molecule has 0 bridgehead atoms. The highest BCUT2D eigenvalue weighted by Crippen LogP contribution is 2.01. The van der Waals surface area contributed by atoms with Crippen molar-refractivity contribution in [3.05, 3.63) is 5.21 Å². The molecule has 0 unspecified atom stereocenters. The quantitative estimate of drug-likeness (QED) is 0.443. The topological polar surface area (TPSA) is 44.5 Å². The molecular weight excluding hydrogens is 122 g/mol. The molecule has 1 heterocycles. The van der Waals surface area contributed by atoms with Gasteiger partial charge in [-0.25, -0.2) is 0 Å². The third-order valence-corrected chi connectivity index (χ3v) is 1.18. The van der Waals surface area contributed by atoms with E-state index in [1.165, 1.54) is 7.11 Å². The average Bonchev–Trinajstić information content (AvgIpc) is 1.89. The Labute approximate surface area is 53.2 Å². The van der Waals surface area contributed by atoms with E-state index in [0.29, 0.717) is 23.8 Å². The van der Waals surface area contributed by atoms with E-state index in [0.717, 1.165) is 6.42 Å². The second-order valence-corrected chi connectivity index (χ2v) is 1.79. The van der Waals surface area contributed by atoms with Crippen LogP contribution in [0.3, 0.4) is 0 Å². The lowest BCUT2D eigenvalue weighted by Gasteiger charge is -2.12. The zero-order chi connectivity index (χ0) is 6.69. The second-order valence-electron chi connectivity index (χ2n) is 1.79.